The van der Waals surface area contributed by atoms with Gasteiger partial charge >= 0.3 is 0 Å². The Labute approximate surface area is 108 Å². The molecule has 2 heterocycles. The number of nitrogens with two attached hydrogens (primary N) is 1. The lowest BCUT2D eigenvalue weighted by Gasteiger charge is -2.22. The maximum absolute atomic E-state index is 5.78. The molecule has 1 aromatic carbocycles. The Morgan fingerprint density at radius 1 is 1.28 bits per heavy atom. The van der Waals surface area contributed by atoms with Gasteiger partial charge in [-0.05, 0) is 44.0 Å². The van der Waals surface area contributed by atoms with Crippen LogP contribution in [-0.4, -0.2) is 24.1 Å². The molecule has 0 aliphatic carbocycles. The summed E-state index contributed by atoms with van der Waals surface area (Å²) in [5, 5.41) is 1.20. The zero-order chi connectivity index (χ0) is 12.5. The van der Waals surface area contributed by atoms with Crippen LogP contribution in [0.15, 0.2) is 36.4 Å². The Morgan fingerprint density at radius 2 is 2.11 bits per heavy atom. The Hall–Kier alpha value is -1.61. The fourth-order valence-electron chi connectivity index (χ4n) is 2.85. The van der Waals surface area contributed by atoms with Gasteiger partial charge in [0, 0.05) is 18.0 Å². The molecule has 1 aliphatic heterocycles. The van der Waals surface area contributed by atoms with Gasteiger partial charge in [0.25, 0.3) is 0 Å². The highest BCUT2D eigenvalue weighted by Gasteiger charge is 2.28. The van der Waals surface area contributed by atoms with Crippen molar-refractivity contribution in [3.8, 4) is 0 Å². The van der Waals surface area contributed by atoms with Gasteiger partial charge in [-0.15, -0.1) is 0 Å². The van der Waals surface area contributed by atoms with Crippen LogP contribution in [0, 0.1) is 5.92 Å². The van der Waals surface area contributed by atoms with Crippen molar-refractivity contribution in [1.82, 2.24) is 4.98 Å². The van der Waals surface area contributed by atoms with E-state index in [1.807, 2.05) is 12.1 Å². The van der Waals surface area contributed by atoms with Crippen molar-refractivity contribution in [3.05, 3.63) is 36.4 Å². The van der Waals surface area contributed by atoms with Crippen molar-refractivity contribution in [2.45, 2.75) is 19.4 Å². The minimum Gasteiger partial charge on any atom is -0.354 e. The van der Waals surface area contributed by atoms with Crippen LogP contribution in [0.5, 0.6) is 0 Å². The van der Waals surface area contributed by atoms with Crippen molar-refractivity contribution in [1.29, 1.82) is 0 Å². The maximum Gasteiger partial charge on any atom is 0.129 e. The summed E-state index contributed by atoms with van der Waals surface area (Å²) in [5.41, 5.74) is 6.85. The number of para-hydroxylation sites is 1. The van der Waals surface area contributed by atoms with Gasteiger partial charge in [-0.2, -0.15) is 0 Å². The molecule has 1 fully saturated rings. The molecule has 2 atom stereocenters. The number of fused-ring (bicyclic) bond motifs is 1. The number of nitrogens with zero attached hydrogens (tertiary/aromatic N) is 2. The number of rotatable bonds is 2. The zero-order valence-electron chi connectivity index (χ0n) is 10.7. The summed E-state index contributed by atoms with van der Waals surface area (Å²) in [7, 11) is 0. The number of aromatic nitrogens is 1. The van der Waals surface area contributed by atoms with Crippen LogP contribution < -0.4 is 10.6 Å². The van der Waals surface area contributed by atoms with E-state index in [-0.39, 0.29) is 0 Å². The maximum atomic E-state index is 5.78. The molecule has 2 unspecified atom stereocenters. The lowest BCUT2D eigenvalue weighted by molar-refractivity contribution is 0.579. The number of benzene rings is 1. The predicted molar refractivity (Wildman–Crippen MR) is 75.7 cm³/mol. The van der Waals surface area contributed by atoms with Gasteiger partial charge in [0.2, 0.25) is 0 Å². The smallest absolute Gasteiger partial charge is 0.129 e. The molecule has 1 aliphatic rings. The van der Waals surface area contributed by atoms with E-state index >= 15 is 0 Å². The molecule has 0 radical (unpaired) electrons. The van der Waals surface area contributed by atoms with Gasteiger partial charge in [0.1, 0.15) is 5.82 Å². The quantitative estimate of drug-likeness (QED) is 0.878. The van der Waals surface area contributed by atoms with E-state index in [9.17, 15) is 0 Å². The number of hydrogen-bond acceptors (Lipinski definition) is 3. The molecule has 2 N–H and O–H groups in total. The van der Waals surface area contributed by atoms with Gasteiger partial charge in [-0.1, -0.05) is 18.2 Å². The second kappa shape index (κ2) is 4.58. The SMILES string of the molecule is CC1CC(CN)CN1c1ccc2ccccc2n1. The first-order chi connectivity index (χ1) is 8.78. The molecule has 3 rings (SSSR count). The van der Waals surface area contributed by atoms with Crippen molar-refractivity contribution in [2.24, 2.45) is 11.7 Å². The van der Waals surface area contributed by atoms with Crippen LogP contribution in [0.1, 0.15) is 13.3 Å². The van der Waals surface area contributed by atoms with Crippen LogP contribution in [-0.2, 0) is 0 Å². The van der Waals surface area contributed by atoms with E-state index in [0.29, 0.717) is 12.0 Å². The van der Waals surface area contributed by atoms with E-state index < -0.39 is 0 Å². The number of hydrogen-bond donors (Lipinski definition) is 1. The molecule has 3 nitrogen and oxygen atoms in total. The van der Waals surface area contributed by atoms with Gasteiger partial charge in [-0.25, -0.2) is 4.98 Å². The minimum atomic E-state index is 0.534. The highest BCUT2D eigenvalue weighted by atomic mass is 15.2. The molecule has 1 saturated heterocycles. The fraction of sp³-hybridized carbons (Fsp3) is 0.400. The normalized spacial score (nSPS) is 23.8. The van der Waals surface area contributed by atoms with Gasteiger partial charge in [0.05, 0.1) is 5.52 Å². The first-order valence-electron chi connectivity index (χ1n) is 6.60. The molecule has 94 valence electrons. The van der Waals surface area contributed by atoms with E-state index in [2.05, 4.69) is 36.1 Å². The average molecular weight is 241 g/mol. The Kier molecular flexibility index (Phi) is 2.92. The zero-order valence-corrected chi connectivity index (χ0v) is 10.7. The lowest BCUT2D eigenvalue weighted by atomic mass is 10.1. The Morgan fingerprint density at radius 3 is 2.89 bits per heavy atom. The van der Waals surface area contributed by atoms with E-state index in [0.717, 1.165) is 24.4 Å². The lowest BCUT2D eigenvalue weighted by Crippen LogP contribution is -2.28. The second-order valence-corrected chi connectivity index (χ2v) is 5.20. The van der Waals surface area contributed by atoms with Gasteiger partial charge in [-0.3, -0.25) is 0 Å². The molecular formula is C15H19N3. The first-order valence-corrected chi connectivity index (χ1v) is 6.60. The first kappa shape index (κ1) is 11.5. The summed E-state index contributed by atoms with van der Waals surface area (Å²) < 4.78 is 0. The molecule has 0 bridgehead atoms. The van der Waals surface area contributed by atoms with Gasteiger partial charge < -0.3 is 10.6 Å². The predicted octanol–water partition coefficient (Wildman–Crippen LogP) is 2.41. The fourth-order valence-corrected chi connectivity index (χ4v) is 2.85. The molecule has 3 heteroatoms. The highest BCUT2D eigenvalue weighted by Crippen LogP contribution is 2.28. The third-order valence-corrected chi connectivity index (χ3v) is 3.87. The summed E-state index contributed by atoms with van der Waals surface area (Å²) in [6.07, 6.45) is 1.17. The molecular weight excluding hydrogens is 222 g/mol. The van der Waals surface area contributed by atoms with Crippen molar-refractivity contribution >= 4 is 16.7 Å². The molecule has 0 saturated carbocycles. The number of anilines is 1. The third kappa shape index (κ3) is 1.95. The minimum absolute atomic E-state index is 0.534. The number of pyridine rings is 1. The van der Waals surface area contributed by atoms with Crippen LogP contribution in [0.3, 0.4) is 0 Å². The molecule has 0 amide bonds. The van der Waals surface area contributed by atoms with E-state index in [1.165, 1.54) is 11.8 Å². The third-order valence-electron chi connectivity index (χ3n) is 3.87. The molecule has 2 aromatic rings. The molecule has 18 heavy (non-hydrogen) atoms. The standard InChI is InChI=1S/C15H19N3/c1-11-8-12(9-16)10-18(11)15-7-6-13-4-2-3-5-14(13)17-15/h2-7,11-12H,8-10,16H2,1H3. The summed E-state index contributed by atoms with van der Waals surface area (Å²) >= 11 is 0. The summed E-state index contributed by atoms with van der Waals surface area (Å²) in [6.45, 7) is 4.06. The van der Waals surface area contributed by atoms with Gasteiger partial charge in [0.15, 0.2) is 0 Å². The second-order valence-electron chi connectivity index (χ2n) is 5.20. The average Bonchev–Trinajstić information content (AvgIpc) is 2.79. The monoisotopic (exact) mass is 241 g/mol. The largest absolute Gasteiger partial charge is 0.354 e. The molecule has 0 spiro atoms. The highest BCUT2D eigenvalue weighted by molar-refractivity contribution is 5.80. The van der Waals surface area contributed by atoms with Crippen molar-refractivity contribution in [2.75, 3.05) is 18.0 Å². The summed E-state index contributed by atoms with van der Waals surface area (Å²) in [6, 6.07) is 13.1. The summed E-state index contributed by atoms with van der Waals surface area (Å²) in [5.74, 6) is 1.69. The van der Waals surface area contributed by atoms with Crippen LogP contribution in [0.25, 0.3) is 10.9 Å². The van der Waals surface area contributed by atoms with E-state index in [4.69, 9.17) is 10.7 Å². The Balaban J connectivity index is 1.94. The topological polar surface area (TPSA) is 42.1 Å². The van der Waals surface area contributed by atoms with E-state index in [1.54, 1.807) is 0 Å². The van der Waals surface area contributed by atoms with Crippen LogP contribution >= 0.6 is 0 Å². The van der Waals surface area contributed by atoms with Crippen LogP contribution in [0.4, 0.5) is 5.82 Å². The summed E-state index contributed by atoms with van der Waals surface area (Å²) in [4.78, 5) is 7.14. The van der Waals surface area contributed by atoms with Crippen molar-refractivity contribution < 1.29 is 0 Å². The molecule has 1 aromatic heterocycles. The van der Waals surface area contributed by atoms with Crippen LogP contribution in [0.2, 0.25) is 0 Å². The Bertz CT molecular complexity index is 552. The van der Waals surface area contributed by atoms with Crippen molar-refractivity contribution in [3.63, 3.8) is 0 Å².